The zero-order valence-electron chi connectivity index (χ0n) is 27.3. The highest BCUT2D eigenvalue weighted by Crippen LogP contribution is 2.48. The van der Waals surface area contributed by atoms with Gasteiger partial charge in [0.15, 0.2) is 7.14 Å². The first-order chi connectivity index (χ1) is 24.7. The molecule has 0 aliphatic heterocycles. The number of benzene rings is 10. The number of hydrogen-bond donors (Lipinski definition) is 0. The number of fused-ring (bicyclic) bond motifs is 8. The first-order valence-electron chi connectivity index (χ1n) is 17.1. The van der Waals surface area contributed by atoms with Gasteiger partial charge in [-0.2, -0.15) is 0 Å². The maximum absolute atomic E-state index is 16.2. The first-order valence-corrected chi connectivity index (χ1v) is 18.8. The summed E-state index contributed by atoms with van der Waals surface area (Å²) in [6, 6.07) is 66.3. The van der Waals surface area contributed by atoms with Crippen molar-refractivity contribution >= 4 is 87.7 Å². The number of rotatable bonds is 4. The molecule has 0 atom stereocenters. The summed E-state index contributed by atoms with van der Waals surface area (Å²) in [5.74, 6) is 0. The summed E-state index contributed by atoms with van der Waals surface area (Å²) >= 11 is 0. The molecule has 0 saturated carbocycles. The van der Waals surface area contributed by atoms with Crippen LogP contribution >= 0.6 is 7.14 Å². The Labute approximate surface area is 290 Å². The van der Waals surface area contributed by atoms with Crippen LogP contribution in [-0.2, 0) is 4.57 Å². The van der Waals surface area contributed by atoms with Crippen LogP contribution in [0.2, 0.25) is 0 Å². The molecule has 0 N–H and O–H groups in total. The third kappa shape index (κ3) is 4.31. The lowest BCUT2D eigenvalue weighted by molar-refractivity contribution is 0.593. The second-order valence-corrected chi connectivity index (χ2v) is 15.9. The summed E-state index contributed by atoms with van der Waals surface area (Å²) in [6.45, 7) is 0. The molecule has 0 fully saturated rings. The van der Waals surface area contributed by atoms with Crippen LogP contribution in [0.5, 0.6) is 0 Å². The molecule has 0 aliphatic carbocycles. The molecule has 0 aliphatic rings. The fourth-order valence-corrected chi connectivity index (χ4v) is 11.2. The molecule has 50 heavy (non-hydrogen) atoms. The monoisotopic (exact) mass is 654 g/mol. The maximum Gasteiger partial charge on any atom is 0.172 e. The molecule has 0 unspecified atom stereocenters. The van der Waals surface area contributed by atoms with E-state index in [0.717, 1.165) is 43.0 Å². The third-order valence-electron chi connectivity index (χ3n) is 10.5. The Bertz CT molecular complexity index is 2920. The molecule has 10 aromatic carbocycles. The highest BCUT2D eigenvalue weighted by Gasteiger charge is 2.33. The molecular formula is C48H31OP. The van der Waals surface area contributed by atoms with Gasteiger partial charge in [-0.3, -0.25) is 0 Å². The lowest BCUT2D eigenvalue weighted by Crippen LogP contribution is -2.26. The van der Waals surface area contributed by atoms with Crippen molar-refractivity contribution in [3.05, 3.63) is 188 Å². The van der Waals surface area contributed by atoms with E-state index in [0.29, 0.717) is 0 Å². The highest BCUT2D eigenvalue weighted by atomic mass is 31.2. The van der Waals surface area contributed by atoms with Crippen molar-refractivity contribution in [1.29, 1.82) is 0 Å². The normalized spacial score (nSPS) is 12.1. The van der Waals surface area contributed by atoms with E-state index in [9.17, 15) is 0 Å². The lowest BCUT2D eigenvalue weighted by Gasteiger charge is -2.24. The summed E-state index contributed by atoms with van der Waals surface area (Å²) in [5.41, 5.74) is 2.31. The average molecular weight is 655 g/mol. The van der Waals surface area contributed by atoms with E-state index in [4.69, 9.17) is 0 Å². The quantitative estimate of drug-likeness (QED) is 0.105. The lowest BCUT2D eigenvalue weighted by atomic mass is 9.87. The zero-order valence-corrected chi connectivity index (χ0v) is 28.1. The van der Waals surface area contributed by atoms with Gasteiger partial charge in [0, 0.05) is 15.9 Å². The average Bonchev–Trinajstić information content (AvgIpc) is 3.19. The minimum atomic E-state index is -3.35. The van der Waals surface area contributed by atoms with Gasteiger partial charge in [-0.15, -0.1) is 0 Å². The fourth-order valence-electron chi connectivity index (χ4n) is 8.16. The van der Waals surface area contributed by atoms with Crippen molar-refractivity contribution in [2.24, 2.45) is 0 Å². The molecular weight excluding hydrogens is 624 g/mol. The molecule has 0 amide bonds. The van der Waals surface area contributed by atoms with Gasteiger partial charge in [-0.1, -0.05) is 182 Å². The maximum atomic E-state index is 16.2. The van der Waals surface area contributed by atoms with E-state index in [1.54, 1.807) is 0 Å². The Balaban J connectivity index is 1.27. The van der Waals surface area contributed by atoms with E-state index in [-0.39, 0.29) is 0 Å². The number of hydrogen-bond acceptors (Lipinski definition) is 1. The molecule has 0 heterocycles. The summed E-state index contributed by atoms with van der Waals surface area (Å²) in [6.07, 6.45) is 0. The largest absolute Gasteiger partial charge is 0.309 e. The van der Waals surface area contributed by atoms with Crippen LogP contribution < -0.4 is 15.9 Å². The molecule has 0 aromatic heterocycles. The van der Waals surface area contributed by atoms with Crippen molar-refractivity contribution in [2.75, 3.05) is 0 Å². The highest BCUT2D eigenvalue weighted by molar-refractivity contribution is 7.86. The van der Waals surface area contributed by atoms with Crippen LogP contribution in [0.1, 0.15) is 0 Å². The topological polar surface area (TPSA) is 17.1 Å². The van der Waals surface area contributed by atoms with Gasteiger partial charge in [0.1, 0.15) is 0 Å². The van der Waals surface area contributed by atoms with Gasteiger partial charge in [0.05, 0.1) is 0 Å². The molecule has 1 nitrogen and oxygen atoms in total. The Hall–Kier alpha value is -6.01. The third-order valence-corrected chi connectivity index (χ3v) is 13.6. The Morgan fingerprint density at radius 1 is 0.320 bits per heavy atom. The summed E-state index contributed by atoms with van der Waals surface area (Å²) in [5, 5.41) is 16.6. The molecule has 10 aromatic rings. The predicted molar refractivity (Wildman–Crippen MR) is 216 cm³/mol. The van der Waals surface area contributed by atoms with Crippen molar-refractivity contribution in [3.63, 3.8) is 0 Å². The van der Waals surface area contributed by atoms with E-state index >= 15 is 4.57 Å². The molecule has 10 rings (SSSR count). The Morgan fingerprint density at radius 2 is 0.780 bits per heavy atom. The van der Waals surface area contributed by atoms with Crippen LogP contribution in [0.25, 0.3) is 75.8 Å². The van der Waals surface area contributed by atoms with Gasteiger partial charge < -0.3 is 4.57 Å². The second kappa shape index (κ2) is 11.3. The Morgan fingerprint density at radius 3 is 1.40 bits per heavy atom. The van der Waals surface area contributed by atoms with Gasteiger partial charge in [0.2, 0.25) is 0 Å². The van der Waals surface area contributed by atoms with Crippen LogP contribution in [-0.4, -0.2) is 0 Å². The standard InChI is InChI=1S/C48H31OP/c49-50(45-21-9-15-32-11-2-6-18-40(32)45,46-22-10-16-33-12-3-7-19-41(33)46)38-28-25-36(26-29-38)47-43-30-27-34-13-1-5-17-39(34)44(43)31-37-24-23-35-14-4-8-20-42(35)48(37)47/h1-31H. The molecule has 0 saturated heterocycles. The second-order valence-electron chi connectivity index (χ2n) is 13.2. The fraction of sp³-hybridized carbons (Fsp3) is 0. The van der Waals surface area contributed by atoms with Crippen LogP contribution in [0.15, 0.2) is 188 Å². The van der Waals surface area contributed by atoms with Crippen molar-refractivity contribution in [3.8, 4) is 11.1 Å². The summed E-state index contributed by atoms with van der Waals surface area (Å²) in [7, 11) is -3.35. The van der Waals surface area contributed by atoms with Gasteiger partial charge >= 0.3 is 0 Å². The van der Waals surface area contributed by atoms with E-state index in [2.05, 4.69) is 152 Å². The van der Waals surface area contributed by atoms with Crippen LogP contribution in [0, 0.1) is 0 Å². The van der Waals surface area contributed by atoms with Gasteiger partial charge in [-0.05, 0) is 81.8 Å². The molecule has 234 valence electrons. The smallest absolute Gasteiger partial charge is 0.172 e. The minimum Gasteiger partial charge on any atom is -0.309 e. The van der Waals surface area contributed by atoms with Crippen molar-refractivity contribution < 1.29 is 4.57 Å². The summed E-state index contributed by atoms with van der Waals surface area (Å²) < 4.78 is 16.2. The Kier molecular flexibility index (Phi) is 6.53. The predicted octanol–water partition coefficient (Wildman–Crippen LogP) is 11.9. The zero-order chi connectivity index (χ0) is 33.2. The molecule has 0 radical (unpaired) electrons. The van der Waals surface area contributed by atoms with E-state index < -0.39 is 7.14 Å². The van der Waals surface area contributed by atoms with Crippen molar-refractivity contribution in [2.45, 2.75) is 0 Å². The van der Waals surface area contributed by atoms with E-state index in [1.165, 1.54) is 48.7 Å². The van der Waals surface area contributed by atoms with Crippen molar-refractivity contribution in [1.82, 2.24) is 0 Å². The molecule has 0 bridgehead atoms. The summed E-state index contributed by atoms with van der Waals surface area (Å²) in [4.78, 5) is 0. The molecule has 2 heteroatoms. The first kappa shape index (κ1) is 29.0. The van der Waals surface area contributed by atoms with Crippen LogP contribution in [0.3, 0.4) is 0 Å². The van der Waals surface area contributed by atoms with E-state index in [1.807, 2.05) is 36.4 Å². The van der Waals surface area contributed by atoms with Gasteiger partial charge in [-0.25, -0.2) is 0 Å². The van der Waals surface area contributed by atoms with Gasteiger partial charge in [0.25, 0.3) is 0 Å². The molecule has 0 spiro atoms. The van der Waals surface area contributed by atoms with Crippen LogP contribution in [0.4, 0.5) is 0 Å². The SMILES string of the molecule is O=P(c1ccc(-c2c3ccc4ccccc4c3cc3ccc4ccccc4c23)cc1)(c1cccc2ccccc12)c1cccc2ccccc12. The minimum absolute atomic E-state index is 0.828.